The molecule has 0 amide bonds. The molecule has 0 saturated heterocycles. The number of pyridine rings is 1. The maximum Gasteiger partial charge on any atom is 0.240 e. The molecule has 0 atom stereocenters. The van der Waals surface area contributed by atoms with Crippen LogP contribution >= 0.6 is 11.8 Å². The molecular formula is C28H30N3O2S2+. The Morgan fingerprint density at radius 1 is 1.00 bits per heavy atom. The molecular weight excluding hydrogens is 474 g/mol. The fourth-order valence-corrected chi connectivity index (χ4v) is 5.71. The third-order valence-electron chi connectivity index (χ3n) is 5.81. The van der Waals surface area contributed by atoms with E-state index in [4.69, 9.17) is 0 Å². The molecule has 0 fully saturated rings. The third-order valence-corrected chi connectivity index (χ3v) is 8.14. The lowest BCUT2D eigenvalue weighted by Crippen LogP contribution is -2.34. The second kappa shape index (κ2) is 11.1. The van der Waals surface area contributed by atoms with Crippen molar-refractivity contribution in [1.29, 1.82) is 0 Å². The van der Waals surface area contributed by atoms with E-state index in [9.17, 15) is 8.42 Å². The second-order valence-corrected chi connectivity index (χ2v) is 10.8. The fourth-order valence-electron chi connectivity index (χ4n) is 4.03. The minimum atomic E-state index is -3.53. The zero-order chi connectivity index (χ0) is 24.8. The van der Waals surface area contributed by atoms with Gasteiger partial charge in [0.2, 0.25) is 15.5 Å². The predicted molar refractivity (Wildman–Crippen MR) is 146 cm³/mol. The predicted octanol–water partition coefficient (Wildman–Crippen LogP) is 5.30. The van der Waals surface area contributed by atoms with Crippen molar-refractivity contribution in [1.82, 2.24) is 4.72 Å². The van der Waals surface area contributed by atoms with Crippen molar-refractivity contribution in [2.75, 3.05) is 24.7 Å². The SMILES string of the molecule is CCNS(=O)(=O)c1ccc(SC)c(N(C)/C=C\c2cc[n+](Cc3ccccc3)c3ccccc23)c1. The first-order chi connectivity index (χ1) is 16.9. The van der Waals surface area contributed by atoms with E-state index < -0.39 is 10.0 Å². The van der Waals surface area contributed by atoms with E-state index in [1.165, 1.54) is 5.56 Å². The molecule has 0 aliphatic heterocycles. The van der Waals surface area contributed by atoms with Gasteiger partial charge in [0.05, 0.1) is 16.0 Å². The second-order valence-electron chi connectivity index (χ2n) is 8.16. The summed E-state index contributed by atoms with van der Waals surface area (Å²) >= 11 is 1.59. The van der Waals surface area contributed by atoms with Crippen LogP contribution in [0.1, 0.15) is 18.1 Å². The molecule has 0 radical (unpaired) electrons. The minimum Gasteiger partial charge on any atom is -0.350 e. The lowest BCUT2D eigenvalue weighted by atomic mass is 10.1. The van der Waals surface area contributed by atoms with Crippen LogP contribution in [0.15, 0.2) is 101 Å². The van der Waals surface area contributed by atoms with Gasteiger partial charge in [-0.15, -0.1) is 11.8 Å². The first-order valence-corrected chi connectivity index (χ1v) is 14.2. The van der Waals surface area contributed by atoms with Crippen LogP contribution in [-0.2, 0) is 16.6 Å². The van der Waals surface area contributed by atoms with Crippen molar-refractivity contribution in [2.45, 2.75) is 23.3 Å². The Morgan fingerprint density at radius 3 is 2.49 bits per heavy atom. The van der Waals surface area contributed by atoms with Crippen LogP contribution in [0.4, 0.5) is 5.69 Å². The van der Waals surface area contributed by atoms with Crippen LogP contribution in [0, 0.1) is 0 Å². The molecule has 4 rings (SSSR count). The first kappa shape index (κ1) is 25.0. The van der Waals surface area contributed by atoms with Crippen molar-refractivity contribution in [3.63, 3.8) is 0 Å². The summed E-state index contributed by atoms with van der Waals surface area (Å²) in [6.07, 6.45) is 8.17. The molecule has 0 bridgehead atoms. The van der Waals surface area contributed by atoms with Crippen molar-refractivity contribution >= 4 is 44.5 Å². The van der Waals surface area contributed by atoms with E-state index in [2.05, 4.69) is 76.2 Å². The molecule has 1 heterocycles. The maximum atomic E-state index is 12.5. The van der Waals surface area contributed by atoms with Crippen molar-refractivity contribution in [2.24, 2.45) is 0 Å². The molecule has 0 saturated carbocycles. The topological polar surface area (TPSA) is 53.3 Å². The number of anilines is 1. The number of hydrogen-bond donors (Lipinski definition) is 1. The minimum absolute atomic E-state index is 0.263. The molecule has 180 valence electrons. The number of sulfonamides is 1. The normalized spacial score (nSPS) is 11.9. The smallest absolute Gasteiger partial charge is 0.240 e. The summed E-state index contributed by atoms with van der Waals surface area (Å²) in [5.74, 6) is 0. The van der Waals surface area contributed by atoms with E-state index in [1.54, 1.807) is 30.8 Å². The van der Waals surface area contributed by atoms with Crippen LogP contribution in [0.5, 0.6) is 0 Å². The van der Waals surface area contributed by atoms with Gasteiger partial charge in [0.1, 0.15) is 0 Å². The number of hydrogen-bond acceptors (Lipinski definition) is 4. The Hall–Kier alpha value is -3.13. The molecule has 0 aliphatic rings. The molecule has 1 N–H and O–H groups in total. The van der Waals surface area contributed by atoms with Gasteiger partial charge in [-0.3, -0.25) is 0 Å². The monoisotopic (exact) mass is 504 g/mol. The van der Waals surface area contributed by atoms with E-state index in [0.29, 0.717) is 6.54 Å². The molecule has 0 spiro atoms. The van der Waals surface area contributed by atoms with Gasteiger partial charge in [0.25, 0.3) is 0 Å². The Labute approximate surface area is 212 Å². The number of nitrogens with one attached hydrogen (secondary N) is 1. The highest BCUT2D eigenvalue weighted by atomic mass is 32.2. The molecule has 0 unspecified atom stereocenters. The average Bonchev–Trinajstić information content (AvgIpc) is 2.88. The summed E-state index contributed by atoms with van der Waals surface area (Å²) < 4.78 is 29.9. The van der Waals surface area contributed by atoms with Gasteiger partial charge < -0.3 is 4.90 Å². The lowest BCUT2D eigenvalue weighted by molar-refractivity contribution is -0.662. The number of thioether (sulfide) groups is 1. The zero-order valence-electron chi connectivity index (χ0n) is 20.2. The van der Waals surface area contributed by atoms with Gasteiger partial charge in [-0.2, -0.15) is 4.57 Å². The molecule has 4 aromatic rings. The first-order valence-electron chi connectivity index (χ1n) is 11.5. The summed E-state index contributed by atoms with van der Waals surface area (Å²) in [7, 11) is -1.59. The number of benzene rings is 3. The third kappa shape index (κ3) is 5.75. The van der Waals surface area contributed by atoms with Crippen LogP contribution in [-0.4, -0.2) is 28.3 Å². The quantitative estimate of drug-likeness (QED) is 0.248. The number of aromatic nitrogens is 1. The van der Waals surface area contributed by atoms with E-state index in [1.807, 2.05) is 36.5 Å². The lowest BCUT2D eigenvalue weighted by Gasteiger charge is -2.19. The molecule has 0 aliphatic carbocycles. The summed E-state index contributed by atoms with van der Waals surface area (Å²) in [6, 6.07) is 26.2. The van der Waals surface area contributed by atoms with Gasteiger partial charge >= 0.3 is 0 Å². The van der Waals surface area contributed by atoms with Gasteiger partial charge in [-0.1, -0.05) is 49.4 Å². The Kier molecular flexibility index (Phi) is 7.90. The highest BCUT2D eigenvalue weighted by Gasteiger charge is 2.17. The Bertz CT molecular complexity index is 1450. The Balaban J connectivity index is 1.67. The maximum absolute atomic E-state index is 12.5. The molecule has 35 heavy (non-hydrogen) atoms. The van der Waals surface area contributed by atoms with Gasteiger partial charge in [0, 0.05) is 42.4 Å². The summed E-state index contributed by atoms with van der Waals surface area (Å²) in [4.78, 5) is 3.24. The average molecular weight is 505 g/mol. The molecule has 3 aromatic carbocycles. The van der Waals surface area contributed by atoms with Gasteiger partial charge in [-0.05, 0) is 42.2 Å². The van der Waals surface area contributed by atoms with E-state index >= 15 is 0 Å². The number of fused-ring (bicyclic) bond motifs is 1. The summed E-state index contributed by atoms with van der Waals surface area (Å²) in [5.41, 5.74) is 4.35. The van der Waals surface area contributed by atoms with Crippen LogP contribution in [0.3, 0.4) is 0 Å². The summed E-state index contributed by atoms with van der Waals surface area (Å²) in [6.45, 7) is 2.93. The summed E-state index contributed by atoms with van der Waals surface area (Å²) in [5, 5.41) is 1.16. The van der Waals surface area contributed by atoms with Gasteiger partial charge in [-0.25, -0.2) is 13.1 Å². The molecule has 1 aromatic heterocycles. The van der Waals surface area contributed by atoms with Crippen LogP contribution < -0.4 is 14.2 Å². The fraction of sp³-hybridized carbons (Fsp3) is 0.179. The standard InChI is InChI=1S/C28H30N3O2S2/c1-4-29-35(32,33)24-14-15-28(34-3)27(20-24)30(2)18-16-23-17-19-31(21-22-10-6-5-7-11-22)26-13-9-8-12-25(23)26/h5-20,29H,4,21H2,1-3H3/q+1. The zero-order valence-corrected chi connectivity index (χ0v) is 21.8. The van der Waals surface area contributed by atoms with Crippen molar-refractivity contribution < 1.29 is 13.0 Å². The van der Waals surface area contributed by atoms with Crippen molar-refractivity contribution in [3.8, 4) is 0 Å². The highest BCUT2D eigenvalue weighted by Crippen LogP contribution is 2.31. The largest absolute Gasteiger partial charge is 0.350 e. The van der Waals surface area contributed by atoms with Crippen molar-refractivity contribution in [3.05, 3.63) is 102 Å². The number of rotatable bonds is 9. The van der Waals surface area contributed by atoms with Crippen LogP contribution in [0.25, 0.3) is 17.0 Å². The molecule has 5 nitrogen and oxygen atoms in total. The van der Waals surface area contributed by atoms with E-state index in [-0.39, 0.29) is 4.90 Å². The Morgan fingerprint density at radius 2 is 1.74 bits per heavy atom. The number of nitrogens with zero attached hydrogens (tertiary/aromatic N) is 2. The highest BCUT2D eigenvalue weighted by molar-refractivity contribution is 7.98. The van der Waals surface area contributed by atoms with E-state index in [0.717, 1.165) is 33.6 Å². The molecule has 7 heteroatoms. The number of para-hydroxylation sites is 1. The van der Waals surface area contributed by atoms with Gasteiger partial charge in [0.15, 0.2) is 12.7 Å². The van der Waals surface area contributed by atoms with Crippen LogP contribution in [0.2, 0.25) is 0 Å².